The Morgan fingerprint density at radius 2 is 1.73 bits per heavy atom. The van der Waals surface area contributed by atoms with E-state index < -0.39 is 0 Å². The molecule has 44 heavy (non-hydrogen) atoms. The summed E-state index contributed by atoms with van der Waals surface area (Å²) in [6.45, 7) is 8.90. The summed E-state index contributed by atoms with van der Waals surface area (Å²) in [5.74, 6) is 0.729. The predicted octanol–water partition coefficient (Wildman–Crippen LogP) is 6.10. The molecule has 3 aliphatic heterocycles. The van der Waals surface area contributed by atoms with Crippen LogP contribution < -0.4 is 15.5 Å². The van der Waals surface area contributed by atoms with E-state index in [0.29, 0.717) is 36.9 Å². The summed E-state index contributed by atoms with van der Waals surface area (Å²) in [6, 6.07) is 16.9. The fourth-order valence-electron chi connectivity index (χ4n) is 7.45. The third-order valence-corrected chi connectivity index (χ3v) is 9.36. The van der Waals surface area contributed by atoms with E-state index in [1.165, 1.54) is 30.7 Å². The Bertz CT molecular complexity index is 1440. The minimum absolute atomic E-state index is 0.0111. The Morgan fingerprint density at radius 3 is 2.41 bits per heavy atom. The lowest BCUT2D eigenvalue weighted by Crippen LogP contribution is -2.46. The summed E-state index contributed by atoms with van der Waals surface area (Å²) in [5, 5.41) is 5.94. The number of halogens is 1. The summed E-state index contributed by atoms with van der Waals surface area (Å²) in [5.41, 5.74) is 3.76. The van der Waals surface area contributed by atoms with Crippen molar-refractivity contribution in [3.8, 4) is 0 Å². The van der Waals surface area contributed by atoms with Crippen LogP contribution in [0.3, 0.4) is 0 Å². The van der Waals surface area contributed by atoms with Gasteiger partial charge in [-0.25, -0.2) is 19.0 Å². The molecule has 0 aliphatic carbocycles. The molecule has 3 aliphatic rings. The molecule has 4 heterocycles. The van der Waals surface area contributed by atoms with Crippen LogP contribution in [-0.4, -0.2) is 69.2 Å². The number of carbonyl (C=O) groups excluding carboxylic acids is 2. The number of imidazole rings is 1. The highest BCUT2D eigenvalue weighted by molar-refractivity contribution is 6.01. The summed E-state index contributed by atoms with van der Waals surface area (Å²) in [6.07, 6.45) is 6.31. The molecular weight excluding hydrogens is 557 g/mol. The predicted molar refractivity (Wildman–Crippen MR) is 170 cm³/mol. The number of carbonyl (C=O) groups is 2. The number of hydrogen-bond donors (Lipinski definition) is 2. The maximum atomic E-state index is 13.4. The first-order valence-corrected chi connectivity index (χ1v) is 16.0. The van der Waals surface area contributed by atoms with Gasteiger partial charge in [0.15, 0.2) is 0 Å². The van der Waals surface area contributed by atoms with Gasteiger partial charge < -0.3 is 20.1 Å². The lowest BCUT2D eigenvalue weighted by molar-refractivity contribution is 0.104. The van der Waals surface area contributed by atoms with E-state index in [1.807, 2.05) is 49.1 Å². The van der Waals surface area contributed by atoms with Gasteiger partial charge in [0.2, 0.25) is 0 Å². The molecule has 2 saturated heterocycles. The van der Waals surface area contributed by atoms with Crippen LogP contribution >= 0.6 is 0 Å². The average Bonchev–Trinajstić information content (AvgIpc) is 3.45. The van der Waals surface area contributed by atoms with E-state index in [1.54, 1.807) is 17.0 Å². The van der Waals surface area contributed by atoms with Crippen LogP contribution in [0.4, 0.5) is 25.4 Å². The normalized spacial score (nSPS) is 21.3. The third kappa shape index (κ3) is 6.45. The Labute approximate surface area is 259 Å². The first-order chi connectivity index (χ1) is 21.3. The molecule has 6 rings (SSSR count). The summed E-state index contributed by atoms with van der Waals surface area (Å²) < 4.78 is 15.9. The highest BCUT2D eigenvalue weighted by Crippen LogP contribution is 2.42. The van der Waals surface area contributed by atoms with Gasteiger partial charge in [0.1, 0.15) is 11.6 Å². The largest absolute Gasteiger partial charge is 0.336 e. The van der Waals surface area contributed by atoms with Gasteiger partial charge in [0, 0.05) is 67.3 Å². The van der Waals surface area contributed by atoms with Crippen molar-refractivity contribution in [2.24, 2.45) is 0 Å². The highest BCUT2D eigenvalue weighted by Gasteiger charge is 2.42. The second-order valence-electron chi connectivity index (χ2n) is 12.7. The summed E-state index contributed by atoms with van der Waals surface area (Å²) >= 11 is 0. The monoisotopic (exact) mass is 601 g/mol. The molecule has 0 radical (unpaired) electrons. The second kappa shape index (κ2) is 13.0. The molecule has 3 aromatic rings. The topological polar surface area (TPSA) is 85.7 Å². The molecule has 234 valence electrons. The van der Waals surface area contributed by atoms with E-state index in [9.17, 15) is 14.0 Å². The van der Waals surface area contributed by atoms with Crippen LogP contribution in [0.1, 0.15) is 69.2 Å². The lowest BCUT2D eigenvalue weighted by atomic mass is 9.95. The van der Waals surface area contributed by atoms with E-state index in [2.05, 4.69) is 27.0 Å². The van der Waals surface area contributed by atoms with Gasteiger partial charge >= 0.3 is 12.1 Å². The molecule has 2 fully saturated rings. The van der Waals surface area contributed by atoms with Crippen LogP contribution in [0, 0.1) is 12.7 Å². The van der Waals surface area contributed by atoms with Crippen molar-refractivity contribution in [1.82, 2.24) is 24.7 Å². The average molecular weight is 602 g/mol. The van der Waals surface area contributed by atoms with Crippen molar-refractivity contribution in [2.45, 2.75) is 90.0 Å². The Morgan fingerprint density at radius 1 is 1.02 bits per heavy atom. The molecule has 3 atom stereocenters. The van der Waals surface area contributed by atoms with Crippen molar-refractivity contribution in [3.63, 3.8) is 0 Å². The number of rotatable bonds is 8. The van der Waals surface area contributed by atoms with E-state index in [0.717, 1.165) is 56.0 Å². The SMILES string of the molecule is Cc1nc2c(n1C1C[C@H]3CC[C@@H](C1)N3CCCN(C(=O)Nc1ccc(F)cc1)c1ccccc1)CCN(C(=O)NC(C)C)C2. The minimum Gasteiger partial charge on any atom is -0.336 e. The van der Waals surface area contributed by atoms with Crippen LogP contribution in [0.25, 0.3) is 0 Å². The molecule has 2 N–H and O–H groups in total. The number of nitrogens with one attached hydrogen (secondary N) is 2. The molecule has 4 amide bonds. The fraction of sp³-hybridized carbons (Fsp3) is 0.500. The van der Waals surface area contributed by atoms with Crippen LogP contribution in [0.15, 0.2) is 54.6 Å². The highest BCUT2D eigenvalue weighted by atomic mass is 19.1. The van der Waals surface area contributed by atoms with E-state index >= 15 is 0 Å². The van der Waals surface area contributed by atoms with Crippen LogP contribution in [-0.2, 0) is 13.0 Å². The maximum Gasteiger partial charge on any atom is 0.326 e. The van der Waals surface area contributed by atoms with Gasteiger partial charge in [-0.05, 0) is 89.3 Å². The zero-order valence-corrected chi connectivity index (χ0v) is 26.0. The number of fused-ring (bicyclic) bond motifs is 3. The molecule has 1 aromatic heterocycles. The summed E-state index contributed by atoms with van der Waals surface area (Å²) in [4.78, 5) is 37.2. The number of aromatic nitrogens is 2. The Hall–Kier alpha value is -3.92. The van der Waals surface area contributed by atoms with Crippen LogP contribution in [0.5, 0.6) is 0 Å². The first kappa shape index (κ1) is 30.1. The van der Waals surface area contributed by atoms with Gasteiger partial charge in [0.25, 0.3) is 0 Å². The van der Waals surface area contributed by atoms with Gasteiger partial charge in [-0.1, -0.05) is 18.2 Å². The molecule has 2 bridgehead atoms. The second-order valence-corrected chi connectivity index (χ2v) is 12.7. The quantitative estimate of drug-likeness (QED) is 0.327. The molecule has 0 saturated carbocycles. The van der Waals surface area contributed by atoms with Crippen LogP contribution in [0.2, 0.25) is 0 Å². The Balaban J connectivity index is 1.08. The van der Waals surface area contributed by atoms with Gasteiger partial charge in [-0.15, -0.1) is 0 Å². The van der Waals surface area contributed by atoms with E-state index in [-0.39, 0.29) is 23.9 Å². The third-order valence-electron chi connectivity index (χ3n) is 9.36. The van der Waals surface area contributed by atoms with Crippen molar-refractivity contribution in [3.05, 3.63) is 77.6 Å². The van der Waals surface area contributed by atoms with Gasteiger partial charge in [-0.3, -0.25) is 9.80 Å². The zero-order chi connectivity index (χ0) is 30.8. The number of hydrogen-bond acceptors (Lipinski definition) is 4. The molecule has 2 aromatic carbocycles. The number of aryl methyl sites for hydroxylation is 1. The number of amides is 4. The number of nitrogens with zero attached hydrogens (tertiary/aromatic N) is 5. The molecule has 1 unspecified atom stereocenters. The standard InChI is InChI=1S/C34H44FN7O2/c1-23(2)36-33(43)39-19-16-32-31(22-39)37-24(3)42(32)30-20-28-14-15-29(21-30)40(28)17-7-18-41(27-8-5-4-6-9-27)34(44)38-26-12-10-25(35)11-13-26/h4-6,8-13,23,28-30H,7,14-22H2,1-3H3,(H,36,43)(H,38,44)/t28-,29+,30?. The van der Waals surface area contributed by atoms with Crippen molar-refractivity contribution >= 4 is 23.4 Å². The van der Waals surface area contributed by atoms with Crippen molar-refractivity contribution in [2.75, 3.05) is 29.9 Å². The number of urea groups is 2. The number of benzene rings is 2. The zero-order valence-electron chi connectivity index (χ0n) is 26.0. The fourth-order valence-corrected chi connectivity index (χ4v) is 7.45. The molecule has 9 nitrogen and oxygen atoms in total. The molecular formula is C34H44FN7O2. The van der Waals surface area contributed by atoms with Crippen molar-refractivity contribution < 1.29 is 14.0 Å². The minimum atomic E-state index is -0.331. The molecule has 0 spiro atoms. The Kier molecular flexibility index (Phi) is 8.88. The lowest BCUT2D eigenvalue weighted by Gasteiger charge is -2.41. The van der Waals surface area contributed by atoms with E-state index in [4.69, 9.17) is 4.98 Å². The van der Waals surface area contributed by atoms with Gasteiger partial charge in [-0.2, -0.15) is 0 Å². The summed E-state index contributed by atoms with van der Waals surface area (Å²) in [7, 11) is 0. The number of piperidine rings is 1. The smallest absolute Gasteiger partial charge is 0.326 e. The van der Waals surface area contributed by atoms with Gasteiger partial charge in [0.05, 0.1) is 12.2 Å². The van der Waals surface area contributed by atoms with Crippen molar-refractivity contribution in [1.29, 1.82) is 0 Å². The maximum absolute atomic E-state index is 13.4. The number of anilines is 2. The first-order valence-electron chi connectivity index (χ1n) is 16.0. The molecule has 10 heteroatoms. The number of para-hydroxylation sites is 1.